The number of rotatable bonds is 4. The molecule has 18 heavy (non-hydrogen) atoms. The smallest absolute Gasteiger partial charge is 0.251 e. The number of piperazine rings is 1. The van der Waals surface area contributed by atoms with Crippen LogP contribution in [0.15, 0.2) is 0 Å². The van der Waals surface area contributed by atoms with Crippen molar-refractivity contribution in [1.82, 2.24) is 9.80 Å². The quantitative estimate of drug-likeness (QED) is 0.789. The van der Waals surface area contributed by atoms with E-state index in [9.17, 15) is 9.90 Å². The maximum absolute atomic E-state index is 11.6. The van der Waals surface area contributed by atoms with Gasteiger partial charge in [0.05, 0.1) is 12.2 Å². The molecule has 0 bridgehead atoms. The monoisotopic (exact) mass is 258 g/mol. The third-order valence-corrected chi connectivity index (χ3v) is 2.98. The largest absolute Gasteiger partial charge is 0.384 e. The molecule has 106 valence electrons. The summed E-state index contributed by atoms with van der Waals surface area (Å²) in [5, 5.41) is 9.25. The van der Waals surface area contributed by atoms with Crippen LogP contribution in [0.3, 0.4) is 0 Å². The van der Waals surface area contributed by atoms with E-state index in [1.165, 1.54) is 6.92 Å². The Bertz CT molecular complexity index is 266. The summed E-state index contributed by atoms with van der Waals surface area (Å²) >= 11 is 0. The first-order valence-corrected chi connectivity index (χ1v) is 6.63. The molecule has 1 atom stereocenters. The van der Waals surface area contributed by atoms with Crippen molar-refractivity contribution in [2.45, 2.75) is 39.4 Å². The number of carbonyl (C=O) groups excluding carboxylic acids is 1. The second kappa shape index (κ2) is 6.50. The molecule has 1 saturated heterocycles. The second-order valence-corrected chi connectivity index (χ2v) is 5.80. The van der Waals surface area contributed by atoms with Crippen molar-refractivity contribution in [3.8, 4) is 0 Å². The van der Waals surface area contributed by atoms with Gasteiger partial charge in [0.1, 0.15) is 6.10 Å². The molecule has 1 unspecified atom stereocenters. The summed E-state index contributed by atoms with van der Waals surface area (Å²) < 4.78 is 5.68. The molecule has 1 fully saturated rings. The summed E-state index contributed by atoms with van der Waals surface area (Å²) in [6, 6.07) is 0. The number of aliphatic hydroxyl groups excluding tert-OH is 1. The summed E-state index contributed by atoms with van der Waals surface area (Å²) in [7, 11) is 0. The van der Waals surface area contributed by atoms with Crippen LogP contribution in [0.5, 0.6) is 0 Å². The third-order valence-electron chi connectivity index (χ3n) is 2.98. The van der Waals surface area contributed by atoms with Crippen LogP contribution in [0.25, 0.3) is 0 Å². The van der Waals surface area contributed by atoms with E-state index in [2.05, 4.69) is 4.90 Å². The Morgan fingerprint density at radius 3 is 2.28 bits per heavy atom. The van der Waals surface area contributed by atoms with Crippen molar-refractivity contribution in [3.05, 3.63) is 0 Å². The third kappa shape index (κ3) is 5.33. The molecule has 1 N–H and O–H groups in total. The lowest BCUT2D eigenvalue weighted by Crippen LogP contribution is -2.51. The normalized spacial score (nSPS) is 19.9. The van der Waals surface area contributed by atoms with Crippen LogP contribution in [0.2, 0.25) is 0 Å². The first-order valence-electron chi connectivity index (χ1n) is 6.63. The molecule has 0 saturated carbocycles. The van der Waals surface area contributed by atoms with Crippen molar-refractivity contribution in [3.63, 3.8) is 0 Å². The van der Waals surface area contributed by atoms with Crippen molar-refractivity contribution in [2.24, 2.45) is 0 Å². The van der Waals surface area contributed by atoms with Crippen molar-refractivity contribution in [2.75, 3.05) is 39.3 Å². The molecule has 0 aromatic heterocycles. The van der Waals surface area contributed by atoms with Crippen LogP contribution in [0.1, 0.15) is 27.7 Å². The fourth-order valence-corrected chi connectivity index (χ4v) is 1.94. The zero-order chi connectivity index (χ0) is 13.8. The Labute approximate surface area is 110 Å². The standard InChI is InChI=1S/C13H26N2O3/c1-11(16)12(17)15-7-5-14(6-8-15)9-10-18-13(2,3)4/h11,16H,5-10H2,1-4H3. The lowest BCUT2D eigenvalue weighted by Gasteiger charge is -2.35. The Morgan fingerprint density at radius 1 is 1.28 bits per heavy atom. The van der Waals surface area contributed by atoms with Crippen molar-refractivity contribution < 1.29 is 14.6 Å². The van der Waals surface area contributed by atoms with Crippen LogP contribution in [0.4, 0.5) is 0 Å². The van der Waals surface area contributed by atoms with Gasteiger partial charge in [0.2, 0.25) is 0 Å². The highest BCUT2D eigenvalue weighted by Crippen LogP contribution is 2.08. The second-order valence-electron chi connectivity index (χ2n) is 5.80. The van der Waals surface area contributed by atoms with Crippen LogP contribution in [-0.2, 0) is 9.53 Å². The molecule has 1 heterocycles. The predicted octanol–water partition coefficient (Wildman–Crippen LogP) is 0.327. The molecule has 5 heteroatoms. The van der Waals surface area contributed by atoms with Gasteiger partial charge in [0.15, 0.2) is 0 Å². The number of carbonyl (C=O) groups is 1. The van der Waals surface area contributed by atoms with E-state index in [0.29, 0.717) is 19.7 Å². The SMILES string of the molecule is CC(O)C(=O)N1CCN(CCOC(C)(C)C)CC1. The van der Waals surface area contributed by atoms with Gasteiger partial charge >= 0.3 is 0 Å². The summed E-state index contributed by atoms with van der Waals surface area (Å²) in [5.41, 5.74) is -0.0931. The first kappa shape index (κ1) is 15.4. The molecule has 1 rings (SSSR count). The maximum Gasteiger partial charge on any atom is 0.251 e. The van der Waals surface area contributed by atoms with Gasteiger partial charge in [-0.3, -0.25) is 9.69 Å². The van der Waals surface area contributed by atoms with Gasteiger partial charge < -0.3 is 14.7 Å². The topological polar surface area (TPSA) is 53.0 Å². The van der Waals surface area contributed by atoms with E-state index in [0.717, 1.165) is 19.6 Å². The Balaban J connectivity index is 2.21. The highest BCUT2D eigenvalue weighted by molar-refractivity contribution is 5.80. The van der Waals surface area contributed by atoms with E-state index in [1.807, 2.05) is 20.8 Å². The van der Waals surface area contributed by atoms with E-state index in [4.69, 9.17) is 4.74 Å². The zero-order valence-electron chi connectivity index (χ0n) is 12.0. The van der Waals surface area contributed by atoms with E-state index in [-0.39, 0.29) is 11.5 Å². The molecule has 0 aliphatic carbocycles. The number of amides is 1. The molecule has 0 aromatic carbocycles. The fraction of sp³-hybridized carbons (Fsp3) is 0.923. The Kier molecular flexibility index (Phi) is 5.56. The first-order chi connectivity index (χ1) is 8.29. The molecule has 0 aromatic rings. The average molecular weight is 258 g/mol. The highest BCUT2D eigenvalue weighted by atomic mass is 16.5. The molecule has 0 spiro atoms. The van der Waals surface area contributed by atoms with Crippen LogP contribution in [0, 0.1) is 0 Å². The highest BCUT2D eigenvalue weighted by Gasteiger charge is 2.23. The summed E-state index contributed by atoms with van der Waals surface area (Å²) in [5.74, 6) is -0.166. The molecule has 1 aliphatic rings. The number of hydrogen-bond donors (Lipinski definition) is 1. The molecule has 5 nitrogen and oxygen atoms in total. The number of nitrogens with zero attached hydrogens (tertiary/aromatic N) is 2. The molecular formula is C13H26N2O3. The molecular weight excluding hydrogens is 232 g/mol. The molecule has 1 amide bonds. The molecule has 0 radical (unpaired) electrons. The molecule has 1 aliphatic heterocycles. The minimum atomic E-state index is -0.888. The van der Waals surface area contributed by atoms with Gasteiger partial charge in [-0.15, -0.1) is 0 Å². The summed E-state index contributed by atoms with van der Waals surface area (Å²) in [6.07, 6.45) is -0.888. The van der Waals surface area contributed by atoms with Crippen LogP contribution in [-0.4, -0.2) is 71.8 Å². The van der Waals surface area contributed by atoms with Gasteiger partial charge in [-0.2, -0.15) is 0 Å². The van der Waals surface area contributed by atoms with Crippen molar-refractivity contribution >= 4 is 5.91 Å². The minimum absolute atomic E-state index is 0.0931. The van der Waals surface area contributed by atoms with Crippen LogP contribution < -0.4 is 0 Å². The number of aliphatic hydroxyl groups is 1. The zero-order valence-corrected chi connectivity index (χ0v) is 12.0. The Morgan fingerprint density at radius 2 is 1.83 bits per heavy atom. The van der Waals surface area contributed by atoms with Gasteiger partial charge in [-0.1, -0.05) is 0 Å². The van der Waals surface area contributed by atoms with Gasteiger partial charge in [0.25, 0.3) is 5.91 Å². The summed E-state index contributed by atoms with van der Waals surface area (Å²) in [6.45, 7) is 12.4. The maximum atomic E-state index is 11.6. The summed E-state index contributed by atoms with van der Waals surface area (Å²) in [4.78, 5) is 15.6. The van der Waals surface area contributed by atoms with Crippen LogP contribution >= 0.6 is 0 Å². The fourth-order valence-electron chi connectivity index (χ4n) is 1.94. The van der Waals surface area contributed by atoms with Crippen molar-refractivity contribution in [1.29, 1.82) is 0 Å². The predicted molar refractivity (Wildman–Crippen MR) is 70.4 cm³/mol. The van der Waals surface area contributed by atoms with E-state index < -0.39 is 6.10 Å². The lowest BCUT2D eigenvalue weighted by atomic mass is 10.2. The number of hydrogen-bond acceptors (Lipinski definition) is 4. The lowest BCUT2D eigenvalue weighted by molar-refractivity contribution is -0.141. The number of ether oxygens (including phenoxy) is 1. The van der Waals surface area contributed by atoms with E-state index in [1.54, 1.807) is 4.90 Å². The average Bonchev–Trinajstić information content (AvgIpc) is 2.27. The van der Waals surface area contributed by atoms with E-state index >= 15 is 0 Å². The van der Waals surface area contributed by atoms with Gasteiger partial charge in [0, 0.05) is 32.7 Å². The van der Waals surface area contributed by atoms with Gasteiger partial charge in [-0.25, -0.2) is 0 Å². The minimum Gasteiger partial charge on any atom is -0.384 e. The van der Waals surface area contributed by atoms with Gasteiger partial charge in [-0.05, 0) is 27.7 Å². The Hall–Kier alpha value is -0.650.